The van der Waals surface area contributed by atoms with Crippen molar-refractivity contribution in [2.45, 2.75) is 22.7 Å². The molecule has 0 saturated heterocycles. The normalized spacial score (nSPS) is 17.2. The number of fused-ring (bicyclic) bond motifs is 1. The number of benzene rings is 2. The smallest absolute Gasteiger partial charge is 0.272 e. The Kier molecular flexibility index (Phi) is 5.42. The van der Waals surface area contributed by atoms with Crippen LogP contribution in [0.2, 0.25) is 0 Å². The Hall–Kier alpha value is -1.49. The van der Waals surface area contributed by atoms with Gasteiger partial charge in [-0.05, 0) is 42.2 Å². The molecule has 2 aromatic rings. The third-order valence-electron chi connectivity index (χ3n) is 4.02. The van der Waals surface area contributed by atoms with Crippen LogP contribution in [0.4, 0.5) is 4.39 Å². The van der Waals surface area contributed by atoms with Crippen molar-refractivity contribution in [3.8, 4) is 16.9 Å². The second-order valence-corrected chi connectivity index (χ2v) is 8.06. The number of carbonyl (C=O) groups is 1. The van der Waals surface area contributed by atoms with Crippen molar-refractivity contribution in [3.63, 3.8) is 0 Å². The number of carbonyl (C=O) groups excluding carboxylic acids is 1. The molecule has 3 rings (SSSR count). The number of rotatable bonds is 2. The van der Waals surface area contributed by atoms with E-state index in [9.17, 15) is 9.18 Å². The summed E-state index contributed by atoms with van der Waals surface area (Å²) in [4.78, 5) is 12.0. The van der Waals surface area contributed by atoms with E-state index < -0.39 is 9.70 Å². The molecule has 0 radical (unpaired) electrons. The lowest BCUT2D eigenvalue weighted by Gasteiger charge is -2.21. The molecule has 0 saturated carbocycles. The van der Waals surface area contributed by atoms with Gasteiger partial charge in [0.25, 0.3) is 9.70 Å². The Morgan fingerprint density at radius 2 is 1.80 bits per heavy atom. The second kappa shape index (κ2) is 7.40. The largest absolute Gasteiger partial charge is 0.493 e. The molecule has 0 aliphatic carbocycles. The number of nitrogens with one attached hydrogen (secondary N) is 1. The molecule has 7 heteroatoms. The third kappa shape index (κ3) is 4.38. The lowest BCUT2D eigenvalue weighted by molar-refractivity contribution is -0.121. The molecule has 0 bridgehead atoms. The third-order valence-corrected chi connectivity index (χ3v) is 4.54. The predicted octanol–water partition coefficient (Wildman–Crippen LogP) is 5.19. The summed E-state index contributed by atoms with van der Waals surface area (Å²) in [6.07, 6.45) is 1.43. The van der Waals surface area contributed by atoms with Crippen LogP contribution in [0.15, 0.2) is 42.5 Å². The Bertz CT molecular complexity index is 775. The molecular formula is C18H15Cl3FNO2. The van der Waals surface area contributed by atoms with Crippen molar-refractivity contribution in [1.82, 2.24) is 5.32 Å². The van der Waals surface area contributed by atoms with E-state index >= 15 is 0 Å². The number of halogens is 4. The van der Waals surface area contributed by atoms with E-state index in [2.05, 4.69) is 5.32 Å². The number of hydrogen-bond donors (Lipinski definition) is 1. The summed E-state index contributed by atoms with van der Waals surface area (Å²) in [6.45, 7) is 0.528. The quantitative estimate of drug-likeness (QED) is 0.702. The van der Waals surface area contributed by atoms with Gasteiger partial charge in [0.1, 0.15) is 11.6 Å². The molecule has 1 aliphatic heterocycles. The molecule has 1 aliphatic rings. The molecule has 1 heterocycles. The van der Waals surface area contributed by atoms with Gasteiger partial charge in [0, 0.05) is 5.56 Å². The summed E-state index contributed by atoms with van der Waals surface area (Å²) in [7, 11) is 0. The van der Waals surface area contributed by atoms with E-state index in [-0.39, 0.29) is 11.9 Å². The van der Waals surface area contributed by atoms with Gasteiger partial charge in [-0.1, -0.05) is 59.1 Å². The summed E-state index contributed by atoms with van der Waals surface area (Å²) in [6, 6.07) is 11.6. The van der Waals surface area contributed by atoms with Crippen molar-refractivity contribution in [1.29, 1.82) is 0 Å². The van der Waals surface area contributed by atoms with Crippen LogP contribution >= 0.6 is 34.8 Å². The van der Waals surface area contributed by atoms with Gasteiger partial charge in [-0.3, -0.25) is 4.79 Å². The molecule has 1 N–H and O–H groups in total. The average molecular weight is 403 g/mol. The molecule has 1 amide bonds. The number of ether oxygens (including phenoxy) is 1. The zero-order valence-corrected chi connectivity index (χ0v) is 15.3. The minimum absolute atomic E-state index is 0.288. The monoisotopic (exact) mass is 401 g/mol. The first-order valence-electron chi connectivity index (χ1n) is 7.75. The molecule has 3 nitrogen and oxygen atoms in total. The lowest BCUT2D eigenvalue weighted by Crippen LogP contribution is -2.37. The first-order valence-corrected chi connectivity index (χ1v) is 8.88. The van der Waals surface area contributed by atoms with Gasteiger partial charge < -0.3 is 10.1 Å². The van der Waals surface area contributed by atoms with Crippen molar-refractivity contribution in [3.05, 3.63) is 53.8 Å². The highest BCUT2D eigenvalue weighted by Gasteiger charge is 2.33. The maximum absolute atomic E-state index is 13.1. The second-order valence-electron chi connectivity index (χ2n) is 5.77. The number of alkyl halides is 3. The van der Waals surface area contributed by atoms with Crippen LogP contribution in [0, 0.1) is 5.82 Å². The summed E-state index contributed by atoms with van der Waals surface area (Å²) >= 11 is 16.9. The van der Waals surface area contributed by atoms with Gasteiger partial charge in [-0.15, -0.1) is 0 Å². The molecule has 1 atom stereocenters. The molecule has 1 unspecified atom stereocenters. The SMILES string of the molecule is O=C(NC1CCCOc2cc(-c3ccc(F)cc3)ccc21)C(Cl)(Cl)Cl. The Morgan fingerprint density at radius 1 is 1.12 bits per heavy atom. The molecule has 2 aromatic carbocycles. The highest BCUT2D eigenvalue weighted by molar-refractivity contribution is 6.76. The average Bonchev–Trinajstić information content (AvgIpc) is 2.76. The first kappa shape index (κ1) is 18.3. The van der Waals surface area contributed by atoms with Crippen LogP contribution in [0.5, 0.6) is 5.75 Å². The van der Waals surface area contributed by atoms with E-state index in [0.29, 0.717) is 18.8 Å². The summed E-state index contributed by atoms with van der Waals surface area (Å²) in [5.41, 5.74) is 2.59. The van der Waals surface area contributed by atoms with Gasteiger partial charge in [0.05, 0.1) is 12.6 Å². The van der Waals surface area contributed by atoms with Crippen LogP contribution in [-0.4, -0.2) is 16.3 Å². The van der Waals surface area contributed by atoms with Crippen LogP contribution in [0.1, 0.15) is 24.4 Å². The van der Waals surface area contributed by atoms with E-state index in [4.69, 9.17) is 39.5 Å². The minimum atomic E-state index is -2.01. The van der Waals surface area contributed by atoms with Crippen LogP contribution in [-0.2, 0) is 4.79 Å². The zero-order valence-electron chi connectivity index (χ0n) is 13.1. The van der Waals surface area contributed by atoms with Crippen molar-refractivity contribution in [2.24, 2.45) is 0 Å². The molecular weight excluding hydrogens is 388 g/mol. The van der Waals surface area contributed by atoms with Crippen molar-refractivity contribution >= 4 is 40.7 Å². The molecule has 0 aromatic heterocycles. The summed E-state index contributed by atoms with van der Waals surface area (Å²) < 4.78 is 16.9. The van der Waals surface area contributed by atoms with Crippen LogP contribution < -0.4 is 10.1 Å². The van der Waals surface area contributed by atoms with Gasteiger partial charge in [0.2, 0.25) is 0 Å². The summed E-state index contributed by atoms with van der Waals surface area (Å²) in [5, 5.41) is 2.76. The minimum Gasteiger partial charge on any atom is -0.493 e. The number of hydrogen-bond acceptors (Lipinski definition) is 2. The first-order chi connectivity index (χ1) is 11.8. The van der Waals surface area contributed by atoms with E-state index in [1.165, 1.54) is 12.1 Å². The number of amides is 1. The molecule has 25 heavy (non-hydrogen) atoms. The zero-order chi connectivity index (χ0) is 18.0. The van der Waals surface area contributed by atoms with Gasteiger partial charge in [-0.2, -0.15) is 0 Å². The Balaban J connectivity index is 1.91. The van der Waals surface area contributed by atoms with Crippen molar-refractivity contribution < 1.29 is 13.9 Å². The molecule has 0 spiro atoms. The maximum Gasteiger partial charge on any atom is 0.272 e. The maximum atomic E-state index is 13.1. The fourth-order valence-electron chi connectivity index (χ4n) is 2.78. The Labute approximate surface area is 160 Å². The summed E-state index contributed by atoms with van der Waals surface area (Å²) in [5.74, 6) is -0.295. The van der Waals surface area contributed by atoms with Gasteiger partial charge in [-0.25, -0.2) is 4.39 Å². The standard InChI is InChI=1S/C18H15Cl3FNO2/c19-18(20,21)17(24)23-15-2-1-9-25-16-10-12(5-8-14(15)16)11-3-6-13(22)7-4-11/h3-8,10,15H,1-2,9H2,(H,23,24). The van der Waals surface area contributed by atoms with E-state index in [1.54, 1.807) is 12.1 Å². The highest BCUT2D eigenvalue weighted by atomic mass is 35.6. The van der Waals surface area contributed by atoms with E-state index in [1.807, 2.05) is 18.2 Å². The highest BCUT2D eigenvalue weighted by Crippen LogP contribution is 2.36. The fraction of sp³-hybridized carbons (Fsp3) is 0.278. The van der Waals surface area contributed by atoms with Gasteiger partial charge >= 0.3 is 0 Å². The van der Waals surface area contributed by atoms with Crippen LogP contribution in [0.3, 0.4) is 0 Å². The molecule has 132 valence electrons. The Morgan fingerprint density at radius 3 is 2.48 bits per heavy atom. The predicted molar refractivity (Wildman–Crippen MR) is 97.7 cm³/mol. The molecule has 0 fully saturated rings. The van der Waals surface area contributed by atoms with E-state index in [0.717, 1.165) is 23.1 Å². The topological polar surface area (TPSA) is 38.3 Å². The van der Waals surface area contributed by atoms with Crippen LogP contribution in [0.25, 0.3) is 11.1 Å². The fourth-order valence-corrected chi connectivity index (χ4v) is 2.95. The lowest BCUT2D eigenvalue weighted by atomic mass is 9.97. The van der Waals surface area contributed by atoms with Crippen molar-refractivity contribution in [2.75, 3.05) is 6.61 Å². The van der Waals surface area contributed by atoms with Gasteiger partial charge in [0.15, 0.2) is 0 Å².